The molecule has 3 heteroatoms. The zero-order valence-electron chi connectivity index (χ0n) is 12.9. The van der Waals surface area contributed by atoms with Crippen LogP contribution < -0.4 is 10.2 Å². The maximum Gasteiger partial charge on any atom is 0.0637 e. The van der Waals surface area contributed by atoms with Crippen LogP contribution in [0.1, 0.15) is 25.3 Å². The van der Waals surface area contributed by atoms with Crippen LogP contribution >= 0.6 is 0 Å². The topological polar surface area (TPSA) is 24.5 Å². The van der Waals surface area contributed by atoms with Gasteiger partial charge in [-0.15, -0.1) is 0 Å². The molecule has 0 aromatic heterocycles. The highest BCUT2D eigenvalue weighted by atomic mass is 16.5. The molecule has 1 aromatic carbocycles. The number of piperidine rings is 1. The summed E-state index contributed by atoms with van der Waals surface area (Å²) in [6, 6.07) is 9.04. The third kappa shape index (κ3) is 4.50. The van der Waals surface area contributed by atoms with E-state index in [1.807, 2.05) is 0 Å². The number of nitrogens with zero attached hydrogens (tertiary/aromatic N) is 1. The number of likely N-dealkylation sites (N-methyl/N-ethyl adjacent to an activating group) is 1. The molecule has 0 radical (unpaired) electrons. The van der Waals surface area contributed by atoms with Crippen molar-refractivity contribution in [3.05, 3.63) is 29.8 Å². The predicted molar refractivity (Wildman–Crippen MR) is 85.5 cm³/mol. The molecule has 0 unspecified atom stereocenters. The zero-order valence-corrected chi connectivity index (χ0v) is 12.9. The van der Waals surface area contributed by atoms with Crippen LogP contribution in [-0.2, 0) is 11.2 Å². The summed E-state index contributed by atoms with van der Waals surface area (Å²) >= 11 is 0. The molecule has 1 fully saturated rings. The summed E-state index contributed by atoms with van der Waals surface area (Å²) < 4.78 is 5.20. The van der Waals surface area contributed by atoms with Crippen molar-refractivity contribution in [2.24, 2.45) is 5.92 Å². The summed E-state index contributed by atoms with van der Waals surface area (Å²) in [5, 5.41) is 3.44. The first-order chi connectivity index (χ1) is 9.83. The first-order valence-electron chi connectivity index (χ1n) is 7.87. The highest BCUT2D eigenvalue weighted by Crippen LogP contribution is 2.22. The average Bonchev–Trinajstić information content (AvgIpc) is 2.49. The van der Waals surface area contributed by atoms with Crippen LogP contribution in [0, 0.1) is 5.92 Å². The van der Waals surface area contributed by atoms with Gasteiger partial charge in [-0.05, 0) is 62.9 Å². The minimum atomic E-state index is 0.784. The highest BCUT2D eigenvalue weighted by Gasteiger charge is 2.14. The van der Waals surface area contributed by atoms with E-state index in [9.17, 15) is 0 Å². The number of anilines is 1. The van der Waals surface area contributed by atoms with Gasteiger partial charge in [0.15, 0.2) is 0 Å². The van der Waals surface area contributed by atoms with E-state index in [1.54, 1.807) is 7.11 Å². The van der Waals surface area contributed by atoms with Gasteiger partial charge in [-0.25, -0.2) is 0 Å². The molecule has 2 rings (SSSR count). The van der Waals surface area contributed by atoms with Crippen molar-refractivity contribution in [2.75, 3.05) is 44.8 Å². The Morgan fingerprint density at radius 3 is 2.80 bits per heavy atom. The number of hydrogen-bond acceptors (Lipinski definition) is 3. The molecule has 3 nitrogen and oxygen atoms in total. The lowest BCUT2D eigenvalue weighted by Gasteiger charge is -2.25. The van der Waals surface area contributed by atoms with E-state index in [0.717, 1.165) is 25.6 Å². The third-order valence-electron chi connectivity index (χ3n) is 4.21. The van der Waals surface area contributed by atoms with E-state index in [-0.39, 0.29) is 0 Å². The Morgan fingerprint density at radius 2 is 2.10 bits per heavy atom. The second-order valence-electron chi connectivity index (χ2n) is 5.64. The highest BCUT2D eigenvalue weighted by molar-refractivity contribution is 5.48. The monoisotopic (exact) mass is 276 g/mol. The summed E-state index contributed by atoms with van der Waals surface area (Å²) in [4.78, 5) is 2.38. The summed E-state index contributed by atoms with van der Waals surface area (Å²) in [6.45, 7) is 7.34. The van der Waals surface area contributed by atoms with Crippen molar-refractivity contribution in [3.63, 3.8) is 0 Å². The van der Waals surface area contributed by atoms with Crippen molar-refractivity contribution in [3.8, 4) is 0 Å². The second-order valence-corrected chi connectivity index (χ2v) is 5.64. The van der Waals surface area contributed by atoms with E-state index in [2.05, 4.69) is 41.4 Å². The summed E-state index contributed by atoms with van der Waals surface area (Å²) in [6.07, 6.45) is 3.84. The van der Waals surface area contributed by atoms with Gasteiger partial charge in [0.05, 0.1) is 6.61 Å². The maximum absolute atomic E-state index is 5.20. The molecule has 1 N–H and O–H groups in total. The predicted octanol–water partition coefficient (Wildman–Crippen LogP) is 2.70. The summed E-state index contributed by atoms with van der Waals surface area (Å²) in [7, 11) is 1.77. The fraction of sp³-hybridized carbons (Fsp3) is 0.647. The Morgan fingerprint density at radius 1 is 1.30 bits per heavy atom. The van der Waals surface area contributed by atoms with Crippen LogP contribution in [0.25, 0.3) is 0 Å². The fourth-order valence-corrected chi connectivity index (χ4v) is 2.97. The van der Waals surface area contributed by atoms with Gasteiger partial charge in [-0.2, -0.15) is 0 Å². The van der Waals surface area contributed by atoms with Crippen LogP contribution in [0.5, 0.6) is 0 Å². The Bertz CT molecular complexity index is 388. The molecule has 112 valence electrons. The smallest absolute Gasteiger partial charge is 0.0637 e. The molecular formula is C17H28N2O. The van der Waals surface area contributed by atoms with E-state index in [1.165, 1.54) is 43.6 Å². The van der Waals surface area contributed by atoms with E-state index >= 15 is 0 Å². The van der Waals surface area contributed by atoms with Crippen molar-refractivity contribution in [1.82, 2.24) is 5.32 Å². The van der Waals surface area contributed by atoms with E-state index < -0.39 is 0 Å². The van der Waals surface area contributed by atoms with E-state index in [4.69, 9.17) is 4.74 Å². The van der Waals surface area contributed by atoms with Gasteiger partial charge in [-0.1, -0.05) is 12.1 Å². The summed E-state index contributed by atoms with van der Waals surface area (Å²) in [5.74, 6) is 0.848. The number of benzene rings is 1. The van der Waals surface area contributed by atoms with Crippen molar-refractivity contribution in [1.29, 1.82) is 0 Å². The van der Waals surface area contributed by atoms with Gasteiger partial charge >= 0.3 is 0 Å². The lowest BCUT2D eigenvalue weighted by atomic mass is 9.91. The number of rotatable bonds is 7. The molecule has 0 bridgehead atoms. The normalized spacial score (nSPS) is 16.3. The number of hydrogen-bond donors (Lipinski definition) is 1. The molecule has 1 saturated heterocycles. The molecule has 0 atom stereocenters. The van der Waals surface area contributed by atoms with Gasteiger partial charge < -0.3 is 15.0 Å². The third-order valence-corrected chi connectivity index (χ3v) is 4.21. The van der Waals surface area contributed by atoms with Gasteiger partial charge in [0.1, 0.15) is 0 Å². The lowest BCUT2D eigenvalue weighted by molar-refractivity contribution is 0.205. The Kier molecular flexibility index (Phi) is 6.34. The molecule has 1 aliphatic heterocycles. The number of ether oxygens (including phenoxy) is 1. The molecule has 0 aliphatic carbocycles. The van der Waals surface area contributed by atoms with Crippen LogP contribution in [-0.4, -0.2) is 39.9 Å². The number of methoxy groups -OCH3 is 1. The fourth-order valence-electron chi connectivity index (χ4n) is 2.97. The van der Waals surface area contributed by atoms with Crippen molar-refractivity contribution < 1.29 is 4.74 Å². The van der Waals surface area contributed by atoms with Gasteiger partial charge in [0.2, 0.25) is 0 Å². The van der Waals surface area contributed by atoms with Crippen LogP contribution in [0.15, 0.2) is 24.3 Å². The Hall–Kier alpha value is -1.06. The first-order valence-corrected chi connectivity index (χ1v) is 7.87. The molecular weight excluding hydrogens is 248 g/mol. The molecule has 0 amide bonds. The largest absolute Gasteiger partial charge is 0.383 e. The van der Waals surface area contributed by atoms with Crippen LogP contribution in [0.3, 0.4) is 0 Å². The van der Waals surface area contributed by atoms with Gasteiger partial charge in [0.25, 0.3) is 0 Å². The number of nitrogens with one attached hydrogen (secondary N) is 1. The van der Waals surface area contributed by atoms with E-state index in [0.29, 0.717) is 0 Å². The minimum absolute atomic E-state index is 0.784. The first kappa shape index (κ1) is 15.3. The average molecular weight is 276 g/mol. The lowest BCUT2D eigenvalue weighted by Crippen LogP contribution is -2.29. The van der Waals surface area contributed by atoms with Crippen molar-refractivity contribution in [2.45, 2.75) is 26.2 Å². The SMILES string of the molecule is CCN(CCOC)c1cccc(CC2CCNCC2)c1. The minimum Gasteiger partial charge on any atom is -0.383 e. The second kappa shape index (κ2) is 8.28. The van der Waals surface area contributed by atoms with Crippen LogP contribution in [0.2, 0.25) is 0 Å². The van der Waals surface area contributed by atoms with Gasteiger partial charge in [-0.3, -0.25) is 0 Å². The summed E-state index contributed by atoms with van der Waals surface area (Å²) in [5.41, 5.74) is 2.81. The molecule has 0 spiro atoms. The molecule has 1 aromatic rings. The zero-order chi connectivity index (χ0) is 14.2. The quantitative estimate of drug-likeness (QED) is 0.828. The van der Waals surface area contributed by atoms with Gasteiger partial charge in [0, 0.05) is 25.9 Å². The molecule has 20 heavy (non-hydrogen) atoms. The molecule has 1 aliphatic rings. The van der Waals surface area contributed by atoms with Crippen molar-refractivity contribution >= 4 is 5.69 Å². The maximum atomic E-state index is 5.20. The standard InChI is InChI=1S/C17H28N2O/c1-3-19(11-12-20-2)17-6-4-5-16(14-17)13-15-7-9-18-10-8-15/h4-6,14-15,18H,3,7-13H2,1-2H3. The van der Waals surface area contributed by atoms with Crippen LogP contribution in [0.4, 0.5) is 5.69 Å². The molecule has 0 saturated carbocycles. The molecule has 1 heterocycles. The Balaban J connectivity index is 1.98. The Labute approximate surface area is 123 Å².